The monoisotopic (exact) mass is 376 g/mol. The Labute approximate surface area is 158 Å². The van der Waals surface area contributed by atoms with Gasteiger partial charge in [-0.1, -0.05) is 0 Å². The number of imidazole rings is 1. The minimum Gasteiger partial charge on any atom is -0.428 e. The third-order valence-corrected chi connectivity index (χ3v) is 2.90. The van der Waals surface area contributed by atoms with Gasteiger partial charge in [-0.3, -0.25) is 0 Å². The number of benzene rings is 1. The second-order valence-electron chi connectivity index (χ2n) is 7.73. The molecule has 1 aromatic heterocycles. The topological polar surface area (TPSA) is 88.9 Å². The molecule has 0 unspecified atom stereocenters. The van der Waals surface area contributed by atoms with Crippen LogP contribution in [-0.4, -0.2) is 33.1 Å². The molecule has 8 nitrogen and oxygen atoms in total. The molecule has 1 aromatic carbocycles. The third kappa shape index (κ3) is 6.65. The van der Waals surface area contributed by atoms with E-state index < -0.39 is 23.5 Å². The zero-order valence-electron chi connectivity index (χ0n) is 16.3. The van der Waals surface area contributed by atoms with Gasteiger partial charge in [0.05, 0.1) is 12.0 Å². The molecule has 0 atom stereocenters. The van der Waals surface area contributed by atoms with Crippen molar-refractivity contribution in [2.24, 2.45) is 0 Å². The van der Waals surface area contributed by atoms with Crippen LogP contribution in [0.5, 0.6) is 11.5 Å². The van der Waals surface area contributed by atoms with E-state index in [4.69, 9.17) is 18.9 Å². The van der Waals surface area contributed by atoms with E-state index >= 15 is 0 Å². The highest BCUT2D eigenvalue weighted by atomic mass is 16.8. The first-order valence-corrected chi connectivity index (χ1v) is 8.37. The zero-order valence-corrected chi connectivity index (χ0v) is 16.3. The van der Waals surface area contributed by atoms with Crippen LogP contribution in [0.3, 0.4) is 0 Å². The van der Waals surface area contributed by atoms with Gasteiger partial charge in [0.2, 0.25) is 0 Å². The number of aromatic nitrogens is 2. The largest absolute Gasteiger partial charge is 0.514 e. The van der Waals surface area contributed by atoms with Crippen molar-refractivity contribution >= 4 is 12.3 Å². The van der Waals surface area contributed by atoms with Crippen LogP contribution in [0.4, 0.5) is 9.59 Å². The predicted octanol–water partition coefficient (Wildman–Crippen LogP) is 4.50. The van der Waals surface area contributed by atoms with E-state index in [0.29, 0.717) is 5.69 Å². The molecule has 0 N–H and O–H groups in total. The van der Waals surface area contributed by atoms with Crippen molar-refractivity contribution in [1.82, 2.24) is 9.55 Å². The molecule has 8 heteroatoms. The Kier molecular flexibility index (Phi) is 5.78. The SMILES string of the molecule is CC(C)(C)OC(=O)Oc1ccc(-n2ccnc2)cc1OC(=O)OC(C)(C)C. The highest BCUT2D eigenvalue weighted by Crippen LogP contribution is 2.31. The lowest BCUT2D eigenvalue weighted by molar-refractivity contribution is 0.0137. The lowest BCUT2D eigenvalue weighted by atomic mass is 10.2. The first-order chi connectivity index (χ1) is 12.4. The van der Waals surface area contributed by atoms with Gasteiger partial charge in [-0.05, 0) is 53.7 Å². The average molecular weight is 376 g/mol. The number of nitrogens with zero attached hydrogens (tertiary/aromatic N) is 2. The molecular formula is C19H24N2O6. The number of ether oxygens (including phenoxy) is 4. The van der Waals surface area contributed by atoms with E-state index in [-0.39, 0.29) is 11.5 Å². The number of carbonyl (C=O) groups excluding carboxylic acids is 2. The fraction of sp³-hybridized carbons (Fsp3) is 0.421. The molecule has 0 saturated carbocycles. The molecule has 0 aliphatic heterocycles. The summed E-state index contributed by atoms with van der Waals surface area (Å²) in [4.78, 5) is 28.0. The molecule has 146 valence electrons. The Morgan fingerprint density at radius 1 is 0.889 bits per heavy atom. The number of hydrogen-bond acceptors (Lipinski definition) is 7. The maximum absolute atomic E-state index is 12.1. The second-order valence-corrected chi connectivity index (χ2v) is 7.73. The fourth-order valence-electron chi connectivity index (χ4n) is 1.95. The van der Waals surface area contributed by atoms with E-state index in [9.17, 15) is 9.59 Å². The van der Waals surface area contributed by atoms with Crippen LogP contribution in [0.15, 0.2) is 36.9 Å². The Hall–Kier alpha value is -3.03. The van der Waals surface area contributed by atoms with Crippen LogP contribution in [0.2, 0.25) is 0 Å². The molecule has 0 saturated heterocycles. The lowest BCUT2D eigenvalue weighted by Crippen LogP contribution is -2.27. The lowest BCUT2D eigenvalue weighted by Gasteiger charge is -2.21. The van der Waals surface area contributed by atoms with Crippen molar-refractivity contribution in [3.05, 3.63) is 36.9 Å². The Balaban J connectivity index is 2.28. The summed E-state index contributed by atoms with van der Waals surface area (Å²) in [5.41, 5.74) is -0.798. The predicted molar refractivity (Wildman–Crippen MR) is 97.3 cm³/mol. The van der Waals surface area contributed by atoms with Gasteiger partial charge in [-0.25, -0.2) is 14.6 Å². The molecule has 0 amide bonds. The maximum atomic E-state index is 12.1. The van der Waals surface area contributed by atoms with Gasteiger partial charge in [0.25, 0.3) is 0 Å². The molecule has 0 bridgehead atoms. The second kappa shape index (κ2) is 7.69. The molecule has 27 heavy (non-hydrogen) atoms. The van der Waals surface area contributed by atoms with Crippen LogP contribution in [0, 0.1) is 0 Å². The number of hydrogen-bond donors (Lipinski definition) is 0. The van der Waals surface area contributed by atoms with Crippen molar-refractivity contribution in [3.8, 4) is 17.2 Å². The third-order valence-electron chi connectivity index (χ3n) is 2.90. The maximum Gasteiger partial charge on any atom is 0.514 e. The number of rotatable bonds is 3. The van der Waals surface area contributed by atoms with Gasteiger partial charge in [-0.2, -0.15) is 0 Å². The van der Waals surface area contributed by atoms with Crippen molar-refractivity contribution < 1.29 is 28.5 Å². The molecule has 0 spiro atoms. The first-order valence-electron chi connectivity index (χ1n) is 8.37. The van der Waals surface area contributed by atoms with Gasteiger partial charge >= 0.3 is 12.3 Å². The first kappa shape index (κ1) is 20.3. The van der Waals surface area contributed by atoms with Crippen molar-refractivity contribution in [3.63, 3.8) is 0 Å². The van der Waals surface area contributed by atoms with Crippen molar-refractivity contribution in [2.75, 3.05) is 0 Å². The van der Waals surface area contributed by atoms with Crippen molar-refractivity contribution in [1.29, 1.82) is 0 Å². The summed E-state index contributed by atoms with van der Waals surface area (Å²) in [7, 11) is 0. The Morgan fingerprint density at radius 3 is 1.93 bits per heavy atom. The van der Waals surface area contributed by atoms with E-state index in [2.05, 4.69) is 4.98 Å². The highest BCUT2D eigenvalue weighted by Gasteiger charge is 2.23. The molecule has 2 aromatic rings. The van der Waals surface area contributed by atoms with Crippen molar-refractivity contribution in [2.45, 2.75) is 52.7 Å². The van der Waals surface area contributed by atoms with Crippen LogP contribution >= 0.6 is 0 Å². The van der Waals surface area contributed by atoms with Gasteiger partial charge in [0.1, 0.15) is 11.2 Å². The van der Waals surface area contributed by atoms with E-state index in [0.717, 1.165) is 0 Å². The Morgan fingerprint density at radius 2 is 1.44 bits per heavy atom. The number of carbonyl (C=O) groups is 2. The standard InChI is InChI=1S/C19H24N2O6/c1-18(2,3)26-16(22)24-14-8-7-13(21-10-9-20-12-21)11-15(14)25-17(23)27-19(4,5)6/h7-12H,1-6H3. The van der Waals surface area contributed by atoms with Crippen LogP contribution in [0.25, 0.3) is 5.69 Å². The molecular weight excluding hydrogens is 352 g/mol. The fourth-order valence-corrected chi connectivity index (χ4v) is 1.95. The minimum absolute atomic E-state index is 0.0151. The van der Waals surface area contributed by atoms with Gasteiger partial charge < -0.3 is 23.5 Å². The van der Waals surface area contributed by atoms with Crippen LogP contribution in [-0.2, 0) is 9.47 Å². The summed E-state index contributed by atoms with van der Waals surface area (Å²) in [6.45, 7) is 10.3. The average Bonchev–Trinajstić information content (AvgIpc) is 2.99. The molecule has 0 fully saturated rings. The van der Waals surface area contributed by atoms with E-state index in [1.165, 1.54) is 12.1 Å². The molecule has 1 heterocycles. The summed E-state index contributed by atoms with van der Waals surface area (Å²) in [6.07, 6.45) is 3.09. The Bertz CT molecular complexity index is 801. The van der Waals surface area contributed by atoms with Crippen LogP contribution in [0.1, 0.15) is 41.5 Å². The van der Waals surface area contributed by atoms with Crippen LogP contribution < -0.4 is 9.47 Å². The summed E-state index contributed by atoms with van der Waals surface area (Å²) in [5.74, 6) is 0.0419. The summed E-state index contributed by atoms with van der Waals surface area (Å²) >= 11 is 0. The van der Waals surface area contributed by atoms with Gasteiger partial charge in [0.15, 0.2) is 11.5 Å². The van der Waals surface area contributed by atoms with E-state index in [1.54, 1.807) is 70.9 Å². The molecule has 0 aliphatic carbocycles. The minimum atomic E-state index is -0.917. The normalized spacial score (nSPS) is 11.6. The summed E-state index contributed by atoms with van der Waals surface area (Å²) in [6, 6.07) is 4.72. The molecule has 0 aliphatic rings. The summed E-state index contributed by atoms with van der Waals surface area (Å²) < 4.78 is 22.5. The van der Waals surface area contributed by atoms with E-state index in [1.807, 2.05) is 0 Å². The van der Waals surface area contributed by atoms with Gasteiger partial charge in [-0.15, -0.1) is 0 Å². The summed E-state index contributed by atoms with van der Waals surface area (Å²) in [5, 5.41) is 0. The van der Waals surface area contributed by atoms with Gasteiger partial charge in [0, 0.05) is 18.5 Å². The zero-order chi connectivity index (χ0) is 20.2. The highest BCUT2D eigenvalue weighted by molar-refractivity contribution is 5.70. The molecule has 0 radical (unpaired) electrons. The smallest absolute Gasteiger partial charge is 0.428 e. The quantitative estimate of drug-likeness (QED) is 0.575. The molecule has 2 rings (SSSR count).